The van der Waals surface area contributed by atoms with E-state index in [0.29, 0.717) is 12.8 Å². The Bertz CT molecular complexity index is 498. The molecule has 108 valence electrons. The van der Waals surface area contributed by atoms with Crippen molar-refractivity contribution in [2.45, 2.75) is 25.4 Å². The SMILES string of the molecule is NC(=O)N1CCC(NCc2ccc3c(c2)OCO3)CC1. The van der Waals surface area contributed by atoms with E-state index in [-0.39, 0.29) is 6.03 Å². The smallest absolute Gasteiger partial charge is 0.314 e. The van der Waals surface area contributed by atoms with E-state index in [4.69, 9.17) is 15.2 Å². The fourth-order valence-electron chi connectivity index (χ4n) is 2.62. The monoisotopic (exact) mass is 277 g/mol. The number of amides is 2. The van der Waals surface area contributed by atoms with Crippen LogP contribution in [0.2, 0.25) is 0 Å². The first-order valence-electron chi connectivity index (χ1n) is 6.88. The third kappa shape index (κ3) is 2.80. The molecule has 0 atom stereocenters. The van der Waals surface area contributed by atoms with Gasteiger partial charge in [0.25, 0.3) is 0 Å². The Morgan fingerprint density at radius 3 is 2.80 bits per heavy atom. The van der Waals surface area contributed by atoms with E-state index < -0.39 is 0 Å². The predicted molar refractivity (Wildman–Crippen MR) is 73.6 cm³/mol. The summed E-state index contributed by atoms with van der Waals surface area (Å²) in [5.74, 6) is 1.62. The van der Waals surface area contributed by atoms with E-state index in [0.717, 1.165) is 44.0 Å². The zero-order chi connectivity index (χ0) is 13.9. The Balaban J connectivity index is 1.49. The average molecular weight is 277 g/mol. The zero-order valence-electron chi connectivity index (χ0n) is 11.3. The maximum Gasteiger partial charge on any atom is 0.314 e. The quantitative estimate of drug-likeness (QED) is 0.865. The fraction of sp³-hybridized carbons (Fsp3) is 0.500. The molecule has 2 aliphatic heterocycles. The topological polar surface area (TPSA) is 76.8 Å². The molecule has 1 saturated heterocycles. The largest absolute Gasteiger partial charge is 0.454 e. The van der Waals surface area contributed by atoms with Crippen LogP contribution in [0.4, 0.5) is 4.79 Å². The summed E-state index contributed by atoms with van der Waals surface area (Å²) in [5, 5.41) is 3.51. The van der Waals surface area contributed by atoms with Crippen LogP contribution in [0.25, 0.3) is 0 Å². The number of nitrogens with zero attached hydrogens (tertiary/aromatic N) is 1. The van der Waals surface area contributed by atoms with Crippen molar-refractivity contribution >= 4 is 6.03 Å². The predicted octanol–water partition coefficient (Wildman–Crippen LogP) is 1.05. The van der Waals surface area contributed by atoms with E-state index in [9.17, 15) is 4.79 Å². The fourth-order valence-corrected chi connectivity index (χ4v) is 2.62. The second kappa shape index (κ2) is 5.58. The van der Waals surface area contributed by atoms with Gasteiger partial charge in [-0.25, -0.2) is 4.79 Å². The summed E-state index contributed by atoms with van der Waals surface area (Å²) >= 11 is 0. The van der Waals surface area contributed by atoms with Gasteiger partial charge in [0, 0.05) is 25.7 Å². The summed E-state index contributed by atoms with van der Waals surface area (Å²) in [6.07, 6.45) is 1.88. The molecule has 2 heterocycles. The number of nitrogens with one attached hydrogen (secondary N) is 1. The van der Waals surface area contributed by atoms with Gasteiger partial charge in [0.1, 0.15) is 0 Å². The summed E-state index contributed by atoms with van der Waals surface area (Å²) in [6, 6.07) is 6.09. The van der Waals surface area contributed by atoms with E-state index in [1.54, 1.807) is 4.90 Å². The van der Waals surface area contributed by atoms with Gasteiger partial charge in [-0.05, 0) is 30.5 Å². The standard InChI is InChI=1S/C14H19N3O3/c15-14(18)17-5-3-11(4-6-17)16-8-10-1-2-12-13(7-10)20-9-19-12/h1-2,7,11,16H,3-6,8-9H2,(H2,15,18). The number of urea groups is 1. The van der Waals surface area contributed by atoms with Gasteiger partial charge in [-0.2, -0.15) is 0 Å². The summed E-state index contributed by atoms with van der Waals surface area (Å²) in [6.45, 7) is 2.55. The summed E-state index contributed by atoms with van der Waals surface area (Å²) < 4.78 is 10.7. The van der Waals surface area contributed by atoms with Crippen molar-refractivity contribution in [3.63, 3.8) is 0 Å². The Morgan fingerprint density at radius 2 is 2.05 bits per heavy atom. The second-order valence-electron chi connectivity index (χ2n) is 5.17. The molecule has 0 aliphatic carbocycles. The van der Waals surface area contributed by atoms with Crippen molar-refractivity contribution in [2.24, 2.45) is 5.73 Å². The molecule has 0 radical (unpaired) electrons. The number of nitrogens with two attached hydrogens (primary N) is 1. The minimum atomic E-state index is -0.320. The van der Waals surface area contributed by atoms with Gasteiger partial charge in [-0.15, -0.1) is 0 Å². The average Bonchev–Trinajstić information content (AvgIpc) is 2.93. The van der Waals surface area contributed by atoms with Crippen LogP contribution in [-0.4, -0.2) is 36.9 Å². The number of ether oxygens (including phenoxy) is 2. The van der Waals surface area contributed by atoms with E-state index >= 15 is 0 Å². The number of carbonyl (C=O) groups excluding carboxylic acids is 1. The number of piperidine rings is 1. The van der Waals surface area contributed by atoms with Crippen LogP contribution in [0.3, 0.4) is 0 Å². The number of primary amides is 1. The molecule has 1 aromatic carbocycles. The number of rotatable bonds is 3. The Kier molecular flexibility index (Phi) is 3.64. The second-order valence-corrected chi connectivity index (χ2v) is 5.17. The molecule has 6 nitrogen and oxygen atoms in total. The van der Waals surface area contributed by atoms with Crippen LogP contribution < -0.4 is 20.5 Å². The first kappa shape index (κ1) is 13.1. The lowest BCUT2D eigenvalue weighted by atomic mass is 10.0. The molecule has 3 rings (SSSR count). The highest BCUT2D eigenvalue weighted by molar-refractivity contribution is 5.72. The molecule has 20 heavy (non-hydrogen) atoms. The van der Waals surface area contributed by atoms with Crippen molar-refractivity contribution in [1.29, 1.82) is 0 Å². The highest BCUT2D eigenvalue weighted by Gasteiger charge is 2.21. The highest BCUT2D eigenvalue weighted by atomic mass is 16.7. The first-order chi connectivity index (χ1) is 9.72. The Morgan fingerprint density at radius 1 is 1.30 bits per heavy atom. The van der Waals surface area contributed by atoms with E-state index in [2.05, 4.69) is 5.32 Å². The minimum absolute atomic E-state index is 0.303. The number of carbonyl (C=O) groups is 1. The molecule has 6 heteroatoms. The van der Waals surface area contributed by atoms with Crippen LogP contribution in [0.15, 0.2) is 18.2 Å². The van der Waals surface area contributed by atoms with Crippen molar-refractivity contribution < 1.29 is 14.3 Å². The highest BCUT2D eigenvalue weighted by Crippen LogP contribution is 2.32. The third-order valence-electron chi connectivity index (χ3n) is 3.84. The lowest BCUT2D eigenvalue weighted by Gasteiger charge is -2.31. The molecule has 0 aromatic heterocycles. The van der Waals surface area contributed by atoms with Gasteiger partial charge in [-0.3, -0.25) is 0 Å². The van der Waals surface area contributed by atoms with Gasteiger partial charge in [-0.1, -0.05) is 6.07 Å². The number of hydrogen-bond donors (Lipinski definition) is 2. The Hall–Kier alpha value is -1.95. The molecule has 2 aliphatic rings. The van der Waals surface area contributed by atoms with Gasteiger partial charge >= 0.3 is 6.03 Å². The molecular formula is C14H19N3O3. The maximum atomic E-state index is 11.1. The van der Waals surface area contributed by atoms with Crippen molar-refractivity contribution in [1.82, 2.24) is 10.2 Å². The van der Waals surface area contributed by atoms with Crippen LogP contribution in [0.1, 0.15) is 18.4 Å². The van der Waals surface area contributed by atoms with Crippen molar-refractivity contribution in [3.8, 4) is 11.5 Å². The minimum Gasteiger partial charge on any atom is -0.454 e. The lowest BCUT2D eigenvalue weighted by Crippen LogP contribution is -2.46. The summed E-state index contributed by atoms with van der Waals surface area (Å²) in [5.41, 5.74) is 6.44. The van der Waals surface area contributed by atoms with Crippen LogP contribution in [0.5, 0.6) is 11.5 Å². The molecule has 0 saturated carbocycles. The maximum absolute atomic E-state index is 11.1. The Labute approximate surface area is 117 Å². The summed E-state index contributed by atoms with van der Waals surface area (Å²) in [4.78, 5) is 12.7. The third-order valence-corrected chi connectivity index (χ3v) is 3.84. The number of likely N-dealkylation sites (tertiary alicyclic amines) is 1. The normalized spacial score (nSPS) is 18.3. The van der Waals surface area contributed by atoms with Crippen LogP contribution >= 0.6 is 0 Å². The summed E-state index contributed by atoms with van der Waals surface area (Å²) in [7, 11) is 0. The van der Waals surface area contributed by atoms with Gasteiger partial charge in [0.15, 0.2) is 11.5 Å². The van der Waals surface area contributed by atoms with Crippen molar-refractivity contribution in [3.05, 3.63) is 23.8 Å². The lowest BCUT2D eigenvalue weighted by molar-refractivity contribution is 0.174. The molecule has 1 aromatic rings. The molecular weight excluding hydrogens is 258 g/mol. The van der Waals surface area contributed by atoms with Gasteiger partial charge in [0.2, 0.25) is 6.79 Å². The number of benzene rings is 1. The molecule has 0 spiro atoms. The zero-order valence-corrected chi connectivity index (χ0v) is 11.3. The first-order valence-corrected chi connectivity index (χ1v) is 6.88. The van der Waals surface area contributed by atoms with Crippen LogP contribution in [0, 0.1) is 0 Å². The van der Waals surface area contributed by atoms with E-state index in [1.807, 2.05) is 18.2 Å². The molecule has 0 unspecified atom stereocenters. The molecule has 3 N–H and O–H groups in total. The number of hydrogen-bond acceptors (Lipinski definition) is 4. The van der Waals surface area contributed by atoms with Gasteiger partial charge in [0.05, 0.1) is 0 Å². The van der Waals surface area contributed by atoms with E-state index in [1.165, 1.54) is 5.56 Å². The molecule has 1 fully saturated rings. The van der Waals surface area contributed by atoms with Crippen molar-refractivity contribution in [2.75, 3.05) is 19.9 Å². The number of fused-ring (bicyclic) bond motifs is 1. The molecule has 0 bridgehead atoms. The van der Waals surface area contributed by atoms with Gasteiger partial charge < -0.3 is 25.4 Å². The molecule has 2 amide bonds. The van der Waals surface area contributed by atoms with Crippen LogP contribution in [-0.2, 0) is 6.54 Å².